The van der Waals surface area contributed by atoms with Crippen molar-refractivity contribution in [3.63, 3.8) is 0 Å². The number of unbranched alkanes of at least 4 members (excludes halogenated alkanes) is 15. The van der Waals surface area contributed by atoms with Gasteiger partial charge in [0.2, 0.25) is 0 Å². The molecule has 0 aliphatic carbocycles. The highest BCUT2D eigenvalue weighted by Crippen LogP contribution is 2.43. The van der Waals surface area contributed by atoms with Crippen molar-refractivity contribution < 1.29 is 64.8 Å². The number of hydrogen-bond acceptors (Lipinski definition) is 8. The van der Waals surface area contributed by atoms with E-state index in [9.17, 15) is 64.8 Å². The smallest absolute Gasteiger partial charge is 0.360 e. The second-order valence-corrected chi connectivity index (χ2v) is 20.1. The molecule has 8 nitrogen and oxygen atoms in total. The van der Waals surface area contributed by atoms with Crippen LogP contribution in [0.4, 0.5) is 39.5 Å². The van der Waals surface area contributed by atoms with E-state index in [2.05, 4.69) is 11.8 Å². The molecule has 1 unspecified atom stereocenters. The summed E-state index contributed by atoms with van der Waals surface area (Å²) in [6.45, 7) is 5.93. The Hall–Kier alpha value is -1.31. The predicted octanol–water partition coefficient (Wildman–Crippen LogP) is 9.62. The van der Waals surface area contributed by atoms with Crippen molar-refractivity contribution in [1.29, 1.82) is 0 Å². The summed E-state index contributed by atoms with van der Waals surface area (Å²) in [5.74, 6) is 2.28. The Morgan fingerprint density at radius 3 is 1.29 bits per heavy atom. The maximum atomic E-state index is 12.1. The van der Waals surface area contributed by atoms with Crippen molar-refractivity contribution in [3.05, 3.63) is 0 Å². The van der Waals surface area contributed by atoms with Gasteiger partial charge in [0.05, 0.1) is 0 Å². The third-order valence-electron chi connectivity index (χ3n) is 8.91. The highest BCUT2D eigenvalue weighted by atomic mass is 32.3. The van der Waals surface area contributed by atoms with Crippen LogP contribution in [0.15, 0.2) is 4.99 Å². The summed E-state index contributed by atoms with van der Waals surface area (Å²) in [6.07, 6.45) is 30.2. The Labute approximate surface area is 297 Å². The molecular weight excluding hydrogens is 764 g/mol. The largest absolute Gasteiger partial charge is 0.499 e. The monoisotopic (exact) mass is 816 g/mol. The standard InChI is InChI=1S/C27H52N2.C4HF9O6S3/c1-2-3-4-5-6-7-8-9-10-11-12-13-14-15-16-17-21-26-22-18-19-24-29-25-20-23-28-27(26)29;5-2(6,7)20(14,15)1(21(16,17)3(8,9)10)22(18,19)4(11,12)13/h26H,2-25H2,1H3;1H. The molecule has 1 saturated heterocycles. The number of aliphatic imine (C=N–C) groups is 1. The van der Waals surface area contributed by atoms with Gasteiger partial charge in [-0.25, -0.2) is 25.3 Å². The predicted molar refractivity (Wildman–Crippen MR) is 179 cm³/mol. The molecule has 0 aromatic rings. The van der Waals surface area contributed by atoms with Gasteiger partial charge in [-0.15, -0.1) is 0 Å². The summed E-state index contributed by atoms with van der Waals surface area (Å²) >= 11 is 0. The lowest BCUT2D eigenvalue weighted by Crippen LogP contribution is -2.52. The van der Waals surface area contributed by atoms with Gasteiger partial charge in [-0.05, 0) is 25.7 Å². The van der Waals surface area contributed by atoms with Crippen LogP contribution in [0.25, 0.3) is 0 Å². The van der Waals surface area contributed by atoms with Gasteiger partial charge < -0.3 is 4.90 Å². The molecule has 20 heteroatoms. The average molecular weight is 817 g/mol. The van der Waals surface area contributed by atoms with Gasteiger partial charge in [0.25, 0.3) is 33.4 Å². The van der Waals surface area contributed by atoms with Crippen molar-refractivity contribution in [1.82, 2.24) is 4.90 Å². The molecule has 2 aliphatic rings. The Morgan fingerprint density at radius 2 is 0.922 bits per heavy atom. The quantitative estimate of drug-likeness (QED) is 0.0888. The molecule has 0 N–H and O–H groups in total. The first-order valence-corrected chi connectivity index (χ1v) is 22.4. The van der Waals surface area contributed by atoms with E-state index < -0.39 is 50.0 Å². The summed E-state index contributed by atoms with van der Waals surface area (Å²) in [5.41, 5.74) is -21.1. The van der Waals surface area contributed by atoms with Gasteiger partial charge in [-0.3, -0.25) is 4.99 Å². The lowest BCUT2D eigenvalue weighted by atomic mass is 9.94. The molecule has 1 atom stereocenters. The fraction of sp³-hybridized carbons (Fsp3) is 0.968. The topological polar surface area (TPSA) is 118 Å². The van der Waals surface area contributed by atoms with E-state index >= 15 is 0 Å². The summed E-state index contributed by atoms with van der Waals surface area (Å²) in [6, 6.07) is 0. The van der Waals surface area contributed by atoms with Crippen LogP contribution in [0.1, 0.15) is 142 Å². The molecular formula is C31H53F9N2O6S3. The van der Waals surface area contributed by atoms with Crippen LogP contribution in [0.2, 0.25) is 0 Å². The first-order valence-electron chi connectivity index (χ1n) is 17.7. The van der Waals surface area contributed by atoms with Crippen LogP contribution < -0.4 is 0 Å². The van der Waals surface area contributed by atoms with Crippen LogP contribution in [-0.2, 0) is 29.5 Å². The zero-order valence-corrected chi connectivity index (χ0v) is 31.5. The Bertz CT molecular complexity index is 1260. The molecule has 0 saturated carbocycles. The number of alkyl halides is 9. The molecule has 0 aromatic carbocycles. The van der Waals surface area contributed by atoms with E-state index in [1.807, 2.05) is 0 Å². The molecule has 0 radical (unpaired) electrons. The fourth-order valence-corrected chi connectivity index (χ4v) is 12.8. The Morgan fingerprint density at radius 1 is 0.569 bits per heavy atom. The summed E-state index contributed by atoms with van der Waals surface area (Å²) in [7, 11) is -23.8. The number of amidine groups is 1. The van der Waals surface area contributed by atoms with E-state index in [-0.39, 0.29) is 0 Å². The number of nitrogens with zero attached hydrogens (tertiary/aromatic N) is 2. The fourth-order valence-electron chi connectivity index (χ4n) is 6.15. The van der Waals surface area contributed by atoms with Crippen LogP contribution in [0.5, 0.6) is 0 Å². The van der Waals surface area contributed by atoms with Gasteiger partial charge in [0, 0.05) is 25.6 Å². The minimum atomic E-state index is -7.94. The molecule has 51 heavy (non-hydrogen) atoms. The summed E-state index contributed by atoms with van der Waals surface area (Å²) < 4.78 is 167. The van der Waals surface area contributed by atoms with E-state index in [0.29, 0.717) is 0 Å². The van der Waals surface area contributed by atoms with Gasteiger partial charge in [-0.2, -0.15) is 39.5 Å². The first kappa shape index (κ1) is 47.7. The molecule has 304 valence electrons. The molecule has 2 aliphatic heterocycles. The Balaban J connectivity index is 0.000000532. The highest BCUT2D eigenvalue weighted by molar-refractivity contribution is 8.24. The minimum Gasteiger partial charge on any atom is -0.360 e. The SMILES string of the molecule is CCCCCCCCCCCCCCCCCCC1CCCCN2CCCN=C12.O=S(=O)(C(S(=O)(=O)C(F)(F)F)S(=O)(=O)C(F)(F)F)C(F)(F)F. The second kappa shape index (κ2) is 21.5. The van der Waals surface area contributed by atoms with Gasteiger partial charge in [-0.1, -0.05) is 116 Å². The molecule has 2 rings (SSSR count). The zero-order chi connectivity index (χ0) is 39.0. The number of sulfone groups is 3. The van der Waals surface area contributed by atoms with Crippen molar-refractivity contribution in [2.75, 3.05) is 19.6 Å². The minimum absolute atomic E-state index is 0.782. The van der Waals surface area contributed by atoms with Crippen LogP contribution in [-0.4, -0.2) is 76.1 Å². The number of halogens is 9. The van der Waals surface area contributed by atoms with Crippen molar-refractivity contribution in [2.45, 2.75) is 162 Å². The molecule has 1 fully saturated rings. The third-order valence-corrected chi connectivity index (χ3v) is 16.9. The first-order chi connectivity index (χ1) is 23.5. The second-order valence-electron chi connectivity index (χ2n) is 13.1. The number of fused-ring (bicyclic) bond motifs is 1. The van der Waals surface area contributed by atoms with Gasteiger partial charge >= 0.3 is 16.5 Å². The Kier molecular flexibility index (Phi) is 20.2. The lowest BCUT2D eigenvalue weighted by molar-refractivity contribution is -0.0490. The zero-order valence-electron chi connectivity index (χ0n) is 29.1. The lowest BCUT2D eigenvalue weighted by Gasteiger charge is -2.31. The van der Waals surface area contributed by atoms with Gasteiger partial charge in [0.1, 0.15) is 5.84 Å². The number of hydrogen-bond donors (Lipinski definition) is 0. The molecule has 0 spiro atoms. The molecule has 0 bridgehead atoms. The average Bonchev–Trinajstić information content (AvgIpc) is 3.21. The molecule has 2 heterocycles. The van der Waals surface area contributed by atoms with Crippen molar-refractivity contribution >= 4 is 35.3 Å². The maximum absolute atomic E-state index is 12.1. The van der Waals surface area contributed by atoms with Crippen molar-refractivity contribution in [2.24, 2.45) is 10.9 Å². The van der Waals surface area contributed by atoms with E-state index in [4.69, 9.17) is 4.99 Å². The van der Waals surface area contributed by atoms with Crippen LogP contribution >= 0.6 is 0 Å². The highest BCUT2D eigenvalue weighted by Gasteiger charge is 2.73. The van der Waals surface area contributed by atoms with E-state index in [1.54, 1.807) is 0 Å². The van der Waals surface area contributed by atoms with Crippen LogP contribution in [0, 0.1) is 5.92 Å². The molecule has 0 amide bonds. The number of rotatable bonds is 20. The molecule has 0 aromatic heterocycles. The summed E-state index contributed by atoms with van der Waals surface area (Å²) in [5, 5.41) is 0. The summed E-state index contributed by atoms with van der Waals surface area (Å²) in [4.78, 5) is 7.55. The van der Waals surface area contributed by atoms with E-state index in [1.165, 1.54) is 154 Å². The third kappa shape index (κ3) is 15.2. The maximum Gasteiger partial charge on any atom is 0.499 e. The van der Waals surface area contributed by atoms with Crippen LogP contribution in [0.3, 0.4) is 0 Å². The normalized spacial score (nSPS) is 18.1. The van der Waals surface area contributed by atoms with Crippen molar-refractivity contribution in [3.8, 4) is 0 Å². The van der Waals surface area contributed by atoms with Gasteiger partial charge in [0.15, 0.2) is 0 Å². The van der Waals surface area contributed by atoms with E-state index in [0.717, 1.165) is 12.5 Å².